The lowest BCUT2D eigenvalue weighted by atomic mass is 9.97. The van der Waals surface area contributed by atoms with Crippen molar-refractivity contribution in [3.63, 3.8) is 0 Å². The number of fused-ring (bicyclic) bond motifs is 1. The Hall–Kier alpha value is -3.98. The average Bonchev–Trinajstić information content (AvgIpc) is 3.41. The standard InChI is InChI=1S/C33H43N7O2/c1-24-20-25(9-10-26(24)23-39-15-12-29-28(32(39)42)21-35-40(29)33(2,3)4)27-11-13-34-22-30(27)37-16-18-38(19-17-37)31(41)8-7-14-36(5)6/h7-11,13,20-22H,12,14-19,23H2,1-6H3. The zero-order valence-corrected chi connectivity index (χ0v) is 25.8. The van der Waals surface area contributed by atoms with Crippen molar-refractivity contribution in [1.29, 1.82) is 0 Å². The predicted molar refractivity (Wildman–Crippen MR) is 167 cm³/mol. The fraction of sp³-hybridized carbons (Fsp3) is 0.455. The van der Waals surface area contributed by atoms with Crippen molar-refractivity contribution in [1.82, 2.24) is 29.5 Å². The summed E-state index contributed by atoms with van der Waals surface area (Å²) in [5.41, 5.74) is 7.22. The van der Waals surface area contributed by atoms with Crippen molar-refractivity contribution < 1.29 is 9.59 Å². The first-order chi connectivity index (χ1) is 20.0. The number of carbonyl (C=O) groups is 2. The molecule has 222 valence electrons. The minimum absolute atomic E-state index is 0.0532. The molecule has 4 heterocycles. The van der Waals surface area contributed by atoms with E-state index >= 15 is 0 Å². The van der Waals surface area contributed by atoms with E-state index in [2.05, 4.69) is 66.9 Å². The Morgan fingerprint density at radius 3 is 2.48 bits per heavy atom. The highest BCUT2D eigenvalue weighted by Gasteiger charge is 2.31. The van der Waals surface area contributed by atoms with E-state index in [9.17, 15) is 9.59 Å². The molecule has 42 heavy (non-hydrogen) atoms. The summed E-state index contributed by atoms with van der Waals surface area (Å²) in [6, 6.07) is 8.57. The molecular weight excluding hydrogens is 526 g/mol. The number of nitrogens with zero attached hydrogens (tertiary/aromatic N) is 7. The molecule has 9 nitrogen and oxygen atoms in total. The summed E-state index contributed by atoms with van der Waals surface area (Å²) in [4.78, 5) is 38.6. The Morgan fingerprint density at radius 1 is 1.02 bits per heavy atom. The Balaban J connectivity index is 1.27. The molecular formula is C33H43N7O2. The molecule has 0 unspecified atom stereocenters. The molecule has 0 bridgehead atoms. The number of aryl methyl sites for hydroxylation is 1. The summed E-state index contributed by atoms with van der Waals surface area (Å²) >= 11 is 0. The Kier molecular flexibility index (Phi) is 8.50. The van der Waals surface area contributed by atoms with Gasteiger partial charge >= 0.3 is 0 Å². The van der Waals surface area contributed by atoms with E-state index in [0.29, 0.717) is 26.2 Å². The molecule has 2 aromatic heterocycles. The van der Waals surface area contributed by atoms with Crippen LogP contribution in [-0.2, 0) is 23.3 Å². The number of benzene rings is 1. The second-order valence-electron chi connectivity index (χ2n) is 12.6. The second-order valence-corrected chi connectivity index (χ2v) is 12.6. The first kappa shape index (κ1) is 29.5. The second kappa shape index (κ2) is 12.1. The summed E-state index contributed by atoms with van der Waals surface area (Å²) < 4.78 is 1.99. The summed E-state index contributed by atoms with van der Waals surface area (Å²) in [5, 5.41) is 4.54. The number of hydrogen-bond acceptors (Lipinski definition) is 6. The van der Waals surface area contributed by atoms with Crippen molar-refractivity contribution in [3.05, 3.63) is 77.4 Å². The van der Waals surface area contributed by atoms with Crippen LogP contribution in [0, 0.1) is 6.92 Å². The van der Waals surface area contributed by atoms with Crippen LogP contribution >= 0.6 is 0 Å². The molecule has 0 spiro atoms. The fourth-order valence-electron chi connectivity index (χ4n) is 5.80. The lowest BCUT2D eigenvalue weighted by Crippen LogP contribution is -2.48. The molecule has 2 aliphatic rings. The van der Waals surface area contributed by atoms with Gasteiger partial charge in [-0.3, -0.25) is 19.3 Å². The van der Waals surface area contributed by atoms with E-state index < -0.39 is 0 Å². The number of anilines is 1. The Labute approximate surface area is 249 Å². The van der Waals surface area contributed by atoms with Gasteiger partial charge in [0.05, 0.1) is 34.9 Å². The predicted octanol–water partition coefficient (Wildman–Crippen LogP) is 3.97. The third kappa shape index (κ3) is 6.26. The molecule has 3 aromatic rings. The topological polar surface area (TPSA) is 77.8 Å². The molecule has 2 aliphatic heterocycles. The van der Waals surface area contributed by atoms with E-state index in [1.54, 1.807) is 12.3 Å². The zero-order chi connectivity index (χ0) is 30.0. The first-order valence-electron chi connectivity index (χ1n) is 14.8. The maximum Gasteiger partial charge on any atom is 0.257 e. The highest BCUT2D eigenvalue weighted by Crippen LogP contribution is 2.33. The summed E-state index contributed by atoms with van der Waals surface area (Å²) in [6.45, 7) is 13.3. The maximum atomic E-state index is 13.4. The molecule has 0 N–H and O–H groups in total. The third-order valence-corrected chi connectivity index (χ3v) is 8.12. The van der Waals surface area contributed by atoms with Gasteiger partial charge in [-0.25, -0.2) is 0 Å². The van der Waals surface area contributed by atoms with Crippen LogP contribution in [-0.4, -0.2) is 94.6 Å². The molecule has 9 heteroatoms. The van der Waals surface area contributed by atoms with Crippen LogP contribution in [0.5, 0.6) is 0 Å². The van der Waals surface area contributed by atoms with Crippen LogP contribution in [0.25, 0.3) is 11.1 Å². The van der Waals surface area contributed by atoms with Gasteiger partial charge < -0.3 is 19.6 Å². The summed E-state index contributed by atoms with van der Waals surface area (Å²) in [5.74, 6) is 0.123. The van der Waals surface area contributed by atoms with Gasteiger partial charge in [0.25, 0.3) is 5.91 Å². The van der Waals surface area contributed by atoms with Crippen LogP contribution in [0.1, 0.15) is 48.0 Å². The van der Waals surface area contributed by atoms with Gasteiger partial charge in [0.2, 0.25) is 5.91 Å². The van der Waals surface area contributed by atoms with E-state index in [1.807, 2.05) is 51.9 Å². The minimum Gasteiger partial charge on any atom is -0.366 e. The molecule has 5 rings (SSSR count). The number of piperazine rings is 1. The average molecular weight is 570 g/mol. The van der Waals surface area contributed by atoms with Crippen molar-refractivity contribution in [2.75, 3.05) is 58.3 Å². The van der Waals surface area contributed by atoms with Gasteiger partial charge in [0.1, 0.15) is 0 Å². The molecule has 1 fully saturated rings. The van der Waals surface area contributed by atoms with Crippen LogP contribution in [0.2, 0.25) is 0 Å². The summed E-state index contributed by atoms with van der Waals surface area (Å²) in [7, 11) is 3.98. The molecule has 0 aliphatic carbocycles. The lowest BCUT2D eigenvalue weighted by Gasteiger charge is -2.36. The highest BCUT2D eigenvalue weighted by molar-refractivity contribution is 5.96. The quantitative estimate of drug-likeness (QED) is 0.401. The van der Waals surface area contributed by atoms with E-state index in [4.69, 9.17) is 0 Å². The van der Waals surface area contributed by atoms with Crippen molar-refractivity contribution >= 4 is 17.5 Å². The number of likely N-dealkylation sites (N-methyl/N-ethyl adjacent to an activating group) is 1. The van der Waals surface area contributed by atoms with Gasteiger partial charge in [-0.2, -0.15) is 5.10 Å². The third-order valence-electron chi connectivity index (χ3n) is 8.12. The van der Waals surface area contributed by atoms with E-state index in [1.165, 1.54) is 0 Å². The van der Waals surface area contributed by atoms with Crippen LogP contribution in [0.3, 0.4) is 0 Å². The van der Waals surface area contributed by atoms with Gasteiger partial charge in [-0.15, -0.1) is 0 Å². The SMILES string of the molecule is Cc1cc(-c2ccncc2N2CCN(C(=O)C=CCN(C)C)CC2)ccc1CN1CCc2c(cnn2C(C)(C)C)C1=O. The van der Waals surface area contributed by atoms with Crippen molar-refractivity contribution in [3.8, 4) is 11.1 Å². The first-order valence-corrected chi connectivity index (χ1v) is 14.8. The van der Waals surface area contributed by atoms with Crippen LogP contribution < -0.4 is 4.90 Å². The molecule has 2 amide bonds. The Morgan fingerprint density at radius 2 is 1.79 bits per heavy atom. The van der Waals surface area contributed by atoms with Crippen molar-refractivity contribution in [2.45, 2.75) is 46.2 Å². The van der Waals surface area contributed by atoms with Gasteiger partial charge in [0.15, 0.2) is 0 Å². The number of aromatic nitrogens is 3. The number of hydrogen-bond donors (Lipinski definition) is 0. The van der Waals surface area contributed by atoms with Gasteiger partial charge in [-0.05, 0) is 64.5 Å². The summed E-state index contributed by atoms with van der Waals surface area (Å²) in [6.07, 6.45) is 9.90. The lowest BCUT2D eigenvalue weighted by molar-refractivity contribution is -0.126. The number of amides is 2. The maximum absolute atomic E-state index is 13.4. The molecule has 1 aromatic carbocycles. The largest absolute Gasteiger partial charge is 0.366 e. The van der Waals surface area contributed by atoms with E-state index in [-0.39, 0.29) is 17.4 Å². The zero-order valence-electron chi connectivity index (χ0n) is 25.8. The normalized spacial score (nSPS) is 16.1. The molecule has 0 radical (unpaired) electrons. The number of pyridine rings is 1. The van der Waals surface area contributed by atoms with Gasteiger partial charge in [0, 0.05) is 70.1 Å². The molecule has 0 saturated carbocycles. The van der Waals surface area contributed by atoms with Crippen molar-refractivity contribution in [2.24, 2.45) is 0 Å². The molecule has 0 atom stereocenters. The monoisotopic (exact) mass is 569 g/mol. The van der Waals surface area contributed by atoms with Gasteiger partial charge in [-0.1, -0.05) is 24.3 Å². The minimum atomic E-state index is -0.150. The van der Waals surface area contributed by atoms with Crippen LogP contribution in [0.4, 0.5) is 5.69 Å². The fourth-order valence-corrected chi connectivity index (χ4v) is 5.80. The Bertz CT molecular complexity index is 1480. The smallest absolute Gasteiger partial charge is 0.257 e. The molecule has 1 saturated heterocycles. The number of rotatable bonds is 7. The number of carbonyl (C=O) groups excluding carboxylic acids is 2. The highest BCUT2D eigenvalue weighted by atomic mass is 16.2. The van der Waals surface area contributed by atoms with Crippen LogP contribution in [0.15, 0.2) is 55.0 Å². The van der Waals surface area contributed by atoms with E-state index in [0.717, 1.165) is 65.3 Å².